The first-order valence-electron chi connectivity index (χ1n) is 7.67. The van der Waals surface area contributed by atoms with Crippen molar-refractivity contribution in [3.8, 4) is 5.75 Å². The van der Waals surface area contributed by atoms with E-state index in [1.54, 1.807) is 7.11 Å². The number of hydrogen-bond donors (Lipinski definition) is 1. The minimum atomic E-state index is 0.436. The molecule has 1 aliphatic carbocycles. The molecule has 0 bridgehead atoms. The van der Waals surface area contributed by atoms with Crippen LogP contribution in [-0.2, 0) is 6.42 Å². The van der Waals surface area contributed by atoms with E-state index in [9.17, 15) is 0 Å². The van der Waals surface area contributed by atoms with Crippen LogP contribution >= 0.6 is 15.9 Å². The second-order valence-corrected chi connectivity index (χ2v) is 6.78. The van der Waals surface area contributed by atoms with Crippen molar-refractivity contribution in [3.63, 3.8) is 0 Å². The van der Waals surface area contributed by atoms with Gasteiger partial charge in [-0.05, 0) is 62.3 Å². The fraction of sp³-hybridized carbons (Fsp3) is 0.647. The van der Waals surface area contributed by atoms with Crippen molar-refractivity contribution in [1.82, 2.24) is 5.32 Å². The van der Waals surface area contributed by atoms with Gasteiger partial charge in [-0.1, -0.05) is 29.8 Å². The maximum absolute atomic E-state index is 5.64. The quantitative estimate of drug-likeness (QED) is 0.797. The molecule has 1 N–H and O–H groups in total. The molecule has 0 spiro atoms. The summed E-state index contributed by atoms with van der Waals surface area (Å²) >= 11 is 3.82. The molecule has 0 radical (unpaired) electrons. The molecule has 0 aromatic heterocycles. The second-order valence-electron chi connectivity index (χ2n) is 5.99. The third-order valence-corrected chi connectivity index (χ3v) is 5.34. The Morgan fingerprint density at radius 2 is 2.20 bits per heavy atom. The lowest BCUT2D eigenvalue weighted by molar-refractivity contribution is 0.407. The Bertz CT molecular complexity index is 473. The van der Waals surface area contributed by atoms with E-state index in [-0.39, 0.29) is 0 Å². The lowest BCUT2D eigenvalue weighted by atomic mass is 9.94. The highest BCUT2D eigenvalue weighted by atomic mass is 79.9. The number of methoxy groups -OCH3 is 1. The van der Waals surface area contributed by atoms with E-state index in [1.807, 2.05) is 0 Å². The van der Waals surface area contributed by atoms with Gasteiger partial charge in [0.05, 0.1) is 7.11 Å². The average Bonchev–Trinajstić information content (AvgIpc) is 2.60. The van der Waals surface area contributed by atoms with Gasteiger partial charge < -0.3 is 10.1 Å². The molecule has 2 nitrogen and oxygen atoms in total. The molecule has 0 aliphatic heterocycles. The van der Waals surface area contributed by atoms with E-state index in [0.717, 1.165) is 24.6 Å². The van der Waals surface area contributed by atoms with Crippen molar-refractivity contribution >= 4 is 15.9 Å². The molecule has 0 fully saturated rings. The molecule has 1 aromatic carbocycles. The highest BCUT2D eigenvalue weighted by Gasteiger charge is 2.27. The fourth-order valence-electron chi connectivity index (χ4n) is 3.16. The van der Waals surface area contributed by atoms with Gasteiger partial charge in [0, 0.05) is 16.1 Å². The van der Waals surface area contributed by atoms with Crippen molar-refractivity contribution in [2.24, 2.45) is 5.92 Å². The maximum atomic E-state index is 5.64. The first-order chi connectivity index (χ1) is 9.58. The van der Waals surface area contributed by atoms with Gasteiger partial charge in [0.1, 0.15) is 5.75 Å². The smallest absolute Gasteiger partial charge is 0.122 e. The molecule has 0 heterocycles. The van der Waals surface area contributed by atoms with Gasteiger partial charge in [-0.3, -0.25) is 0 Å². The number of nitrogens with one attached hydrogen (secondary N) is 1. The fourth-order valence-corrected chi connectivity index (χ4v) is 3.79. The van der Waals surface area contributed by atoms with E-state index in [0.29, 0.717) is 6.04 Å². The predicted molar refractivity (Wildman–Crippen MR) is 88.6 cm³/mol. The summed E-state index contributed by atoms with van der Waals surface area (Å²) in [6, 6.07) is 2.60. The molecule has 2 unspecified atom stereocenters. The molecular weight excluding hydrogens is 314 g/mol. The number of benzene rings is 1. The zero-order chi connectivity index (χ0) is 14.7. The summed E-state index contributed by atoms with van der Waals surface area (Å²) in [5.74, 6) is 1.80. The predicted octanol–water partition coefficient (Wildman–Crippen LogP) is 4.78. The molecular formula is C17H26BrNO. The summed E-state index contributed by atoms with van der Waals surface area (Å²) in [5, 5.41) is 3.73. The number of ether oxygens (including phenoxy) is 1. The summed E-state index contributed by atoms with van der Waals surface area (Å²) in [4.78, 5) is 0. The number of hydrogen-bond acceptors (Lipinski definition) is 2. The van der Waals surface area contributed by atoms with Crippen molar-refractivity contribution in [3.05, 3.63) is 27.2 Å². The van der Waals surface area contributed by atoms with Crippen LogP contribution in [0.3, 0.4) is 0 Å². The molecule has 1 aliphatic rings. The third-order valence-electron chi connectivity index (χ3n) is 4.29. The van der Waals surface area contributed by atoms with Crippen LogP contribution in [0, 0.1) is 12.8 Å². The van der Waals surface area contributed by atoms with Gasteiger partial charge in [0.25, 0.3) is 0 Å². The van der Waals surface area contributed by atoms with Crippen molar-refractivity contribution < 1.29 is 4.74 Å². The molecule has 1 aromatic rings. The van der Waals surface area contributed by atoms with Crippen LogP contribution in [0.2, 0.25) is 0 Å². The second kappa shape index (κ2) is 6.95. The van der Waals surface area contributed by atoms with Crippen molar-refractivity contribution in [1.29, 1.82) is 0 Å². The maximum Gasteiger partial charge on any atom is 0.122 e. The molecule has 2 atom stereocenters. The summed E-state index contributed by atoms with van der Waals surface area (Å²) in [6.45, 7) is 7.80. The first kappa shape index (κ1) is 15.8. The molecule has 0 amide bonds. The summed E-state index contributed by atoms with van der Waals surface area (Å²) in [6.07, 6.45) is 4.73. The Kier molecular flexibility index (Phi) is 5.50. The Morgan fingerprint density at radius 3 is 2.85 bits per heavy atom. The van der Waals surface area contributed by atoms with Crippen molar-refractivity contribution in [2.75, 3.05) is 13.7 Å². The lowest BCUT2D eigenvalue weighted by Gasteiger charge is -2.24. The molecule has 0 saturated carbocycles. The Labute approximate surface area is 131 Å². The van der Waals surface area contributed by atoms with Crippen LogP contribution in [0.1, 0.15) is 55.8 Å². The van der Waals surface area contributed by atoms with E-state index < -0.39 is 0 Å². The SMILES string of the molecule is CCCNC1CC(C)CCc2c(OC)cc(C)c(Br)c21. The average molecular weight is 340 g/mol. The lowest BCUT2D eigenvalue weighted by Crippen LogP contribution is -2.24. The molecule has 20 heavy (non-hydrogen) atoms. The van der Waals surface area contributed by atoms with Crippen LogP contribution in [0.4, 0.5) is 0 Å². The van der Waals surface area contributed by atoms with Crippen LogP contribution < -0.4 is 10.1 Å². The van der Waals surface area contributed by atoms with E-state index >= 15 is 0 Å². The Balaban J connectivity index is 2.50. The Morgan fingerprint density at radius 1 is 1.45 bits per heavy atom. The van der Waals surface area contributed by atoms with Crippen LogP contribution in [-0.4, -0.2) is 13.7 Å². The molecule has 112 valence electrons. The number of rotatable bonds is 4. The Hall–Kier alpha value is -0.540. The third kappa shape index (κ3) is 3.20. The number of halogens is 1. The molecule has 0 saturated heterocycles. The largest absolute Gasteiger partial charge is 0.496 e. The summed E-state index contributed by atoms with van der Waals surface area (Å²) < 4.78 is 6.90. The standard InChI is InChI=1S/C17H26BrNO/c1-5-8-19-14-9-11(2)6-7-13-15(20-4)10-12(3)17(18)16(13)14/h10-11,14,19H,5-9H2,1-4H3. The van der Waals surface area contributed by atoms with Gasteiger partial charge in [-0.25, -0.2) is 0 Å². The van der Waals surface area contributed by atoms with Crippen molar-refractivity contribution in [2.45, 2.75) is 52.5 Å². The minimum Gasteiger partial charge on any atom is -0.496 e. The van der Waals surface area contributed by atoms with Crippen LogP contribution in [0.15, 0.2) is 10.5 Å². The van der Waals surface area contributed by atoms with E-state index in [1.165, 1.54) is 40.4 Å². The monoisotopic (exact) mass is 339 g/mol. The summed E-state index contributed by atoms with van der Waals surface area (Å²) in [5.41, 5.74) is 4.08. The highest BCUT2D eigenvalue weighted by molar-refractivity contribution is 9.10. The van der Waals surface area contributed by atoms with E-state index in [4.69, 9.17) is 4.74 Å². The highest BCUT2D eigenvalue weighted by Crippen LogP contribution is 2.42. The summed E-state index contributed by atoms with van der Waals surface area (Å²) in [7, 11) is 1.78. The molecule has 2 rings (SSSR count). The van der Waals surface area contributed by atoms with Gasteiger partial charge in [0.15, 0.2) is 0 Å². The number of aryl methyl sites for hydroxylation is 1. The van der Waals surface area contributed by atoms with E-state index in [2.05, 4.69) is 48.1 Å². The van der Waals surface area contributed by atoms with Crippen LogP contribution in [0.5, 0.6) is 5.75 Å². The van der Waals surface area contributed by atoms with Gasteiger partial charge in [-0.2, -0.15) is 0 Å². The minimum absolute atomic E-state index is 0.436. The first-order valence-corrected chi connectivity index (χ1v) is 8.47. The zero-order valence-corrected chi connectivity index (χ0v) is 14.6. The van der Waals surface area contributed by atoms with Crippen LogP contribution in [0.25, 0.3) is 0 Å². The van der Waals surface area contributed by atoms with Gasteiger partial charge in [-0.15, -0.1) is 0 Å². The normalized spacial score (nSPS) is 22.2. The van der Waals surface area contributed by atoms with Gasteiger partial charge >= 0.3 is 0 Å². The zero-order valence-electron chi connectivity index (χ0n) is 13.1. The topological polar surface area (TPSA) is 21.3 Å². The molecule has 3 heteroatoms. The van der Waals surface area contributed by atoms with Gasteiger partial charge in [0.2, 0.25) is 0 Å². The number of fused-ring (bicyclic) bond motifs is 1.